The van der Waals surface area contributed by atoms with E-state index in [0.29, 0.717) is 51.1 Å². The molecule has 172 valence electrons. The van der Waals surface area contributed by atoms with Gasteiger partial charge in [-0.25, -0.2) is 0 Å². The lowest BCUT2D eigenvalue weighted by molar-refractivity contribution is -0.146. The minimum atomic E-state index is -0.782. The highest BCUT2D eigenvalue weighted by Gasteiger charge is 2.30. The number of unbranched alkanes of at least 4 members (excludes halogenated alkanes) is 3. The number of ether oxygens (including phenoxy) is 3. The van der Waals surface area contributed by atoms with Gasteiger partial charge in [-0.05, 0) is 82.1 Å². The third-order valence-electron chi connectivity index (χ3n) is 5.48. The summed E-state index contributed by atoms with van der Waals surface area (Å²) in [5.74, 6) is -0.588. The Morgan fingerprint density at radius 1 is 0.871 bits per heavy atom. The maximum Gasteiger partial charge on any atom is 0.314 e. The van der Waals surface area contributed by atoms with E-state index >= 15 is 0 Å². The first-order valence-electron chi connectivity index (χ1n) is 11.3. The number of benzene rings is 1. The number of carbonyl (C=O) groups excluding carboxylic acids is 2. The van der Waals surface area contributed by atoms with Gasteiger partial charge in [0.15, 0.2) is 0 Å². The van der Waals surface area contributed by atoms with Gasteiger partial charge in [0.05, 0.1) is 25.0 Å². The average molecular weight is 435 g/mol. The quantitative estimate of drug-likeness (QED) is 0.271. The Labute approximate surface area is 184 Å². The van der Waals surface area contributed by atoms with Crippen LogP contribution in [0.2, 0.25) is 0 Å². The Kier molecular flexibility index (Phi) is 10.9. The SMILES string of the molecule is CCCC(=O)OCCCCCCOc1ccc(OC(=O)[C@H]2CC[C@@H](C(=O)O)CC2)cc1. The summed E-state index contributed by atoms with van der Waals surface area (Å²) in [6, 6.07) is 6.97. The molecule has 0 amide bonds. The molecule has 2 rings (SSSR count). The van der Waals surface area contributed by atoms with Gasteiger partial charge in [0.2, 0.25) is 0 Å². The topological polar surface area (TPSA) is 99.1 Å². The molecule has 7 heteroatoms. The van der Waals surface area contributed by atoms with E-state index in [4.69, 9.17) is 19.3 Å². The van der Waals surface area contributed by atoms with E-state index in [0.717, 1.165) is 37.9 Å². The maximum atomic E-state index is 12.3. The summed E-state index contributed by atoms with van der Waals surface area (Å²) in [7, 11) is 0. The lowest BCUT2D eigenvalue weighted by Crippen LogP contribution is -2.28. The lowest BCUT2D eigenvalue weighted by atomic mass is 9.82. The van der Waals surface area contributed by atoms with Crippen LogP contribution in [0, 0.1) is 11.8 Å². The fourth-order valence-corrected chi connectivity index (χ4v) is 3.59. The van der Waals surface area contributed by atoms with Gasteiger partial charge in [-0.1, -0.05) is 6.92 Å². The number of rotatable bonds is 13. The summed E-state index contributed by atoms with van der Waals surface area (Å²) < 4.78 is 16.3. The summed E-state index contributed by atoms with van der Waals surface area (Å²) in [6.07, 6.45) is 7.23. The van der Waals surface area contributed by atoms with E-state index in [1.807, 2.05) is 6.92 Å². The summed E-state index contributed by atoms with van der Waals surface area (Å²) >= 11 is 0. The van der Waals surface area contributed by atoms with Gasteiger partial charge in [-0.2, -0.15) is 0 Å². The summed E-state index contributed by atoms with van der Waals surface area (Å²) in [4.78, 5) is 34.5. The van der Waals surface area contributed by atoms with Crippen molar-refractivity contribution in [3.8, 4) is 11.5 Å². The Bertz CT molecular complexity index is 690. The molecule has 0 spiro atoms. The number of carboxylic acid groups (broad SMARTS) is 1. The van der Waals surface area contributed by atoms with Crippen molar-refractivity contribution < 1.29 is 33.7 Å². The zero-order chi connectivity index (χ0) is 22.5. The molecule has 1 saturated carbocycles. The fraction of sp³-hybridized carbons (Fsp3) is 0.625. The molecule has 0 radical (unpaired) electrons. The van der Waals surface area contributed by atoms with Crippen molar-refractivity contribution in [1.29, 1.82) is 0 Å². The average Bonchev–Trinajstić information content (AvgIpc) is 2.77. The highest BCUT2D eigenvalue weighted by molar-refractivity contribution is 5.76. The zero-order valence-electron chi connectivity index (χ0n) is 18.3. The number of esters is 2. The molecule has 1 aromatic carbocycles. The van der Waals surface area contributed by atoms with E-state index in [9.17, 15) is 14.4 Å². The van der Waals surface area contributed by atoms with Crippen LogP contribution in [0.4, 0.5) is 0 Å². The van der Waals surface area contributed by atoms with Crippen molar-refractivity contribution in [2.45, 2.75) is 71.1 Å². The Balaban J connectivity index is 1.57. The molecule has 31 heavy (non-hydrogen) atoms. The van der Waals surface area contributed by atoms with Crippen LogP contribution in [-0.4, -0.2) is 36.2 Å². The van der Waals surface area contributed by atoms with Gasteiger partial charge in [-0.15, -0.1) is 0 Å². The van der Waals surface area contributed by atoms with E-state index in [1.165, 1.54) is 0 Å². The van der Waals surface area contributed by atoms with Crippen LogP contribution in [0.25, 0.3) is 0 Å². The van der Waals surface area contributed by atoms with Gasteiger partial charge in [0, 0.05) is 6.42 Å². The first kappa shape index (κ1) is 24.7. The number of carboxylic acids is 1. The molecule has 0 aromatic heterocycles. The predicted octanol–water partition coefficient (Wildman–Crippen LogP) is 4.77. The minimum absolute atomic E-state index is 0.120. The third kappa shape index (κ3) is 9.40. The summed E-state index contributed by atoms with van der Waals surface area (Å²) in [5.41, 5.74) is 0. The normalized spacial score (nSPS) is 18.2. The van der Waals surface area contributed by atoms with Gasteiger partial charge >= 0.3 is 17.9 Å². The van der Waals surface area contributed by atoms with Gasteiger partial charge < -0.3 is 19.3 Å². The van der Waals surface area contributed by atoms with E-state index in [2.05, 4.69) is 0 Å². The molecule has 0 unspecified atom stereocenters. The van der Waals surface area contributed by atoms with Crippen molar-refractivity contribution in [2.24, 2.45) is 11.8 Å². The molecule has 1 fully saturated rings. The molecule has 1 aliphatic rings. The molecule has 7 nitrogen and oxygen atoms in total. The van der Waals surface area contributed by atoms with Gasteiger partial charge in [-0.3, -0.25) is 14.4 Å². The number of carbonyl (C=O) groups is 3. The Morgan fingerprint density at radius 3 is 2.06 bits per heavy atom. The molecule has 0 heterocycles. The van der Waals surface area contributed by atoms with E-state index in [1.54, 1.807) is 24.3 Å². The fourth-order valence-electron chi connectivity index (χ4n) is 3.59. The van der Waals surface area contributed by atoms with Crippen molar-refractivity contribution in [3.63, 3.8) is 0 Å². The number of hydrogen-bond donors (Lipinski definition) is 1. The van der Waals surface area contributed by atoms with Crippen LogP contribution >= 0.6 is 0 Å². The van der Waals surface area contributed by atoms with Gasteiger partial charge in [0.1, 0.15) is 11.5 Å². The Hall–Kier alpha value is -2.57. The number of hydrogen-bond acceptors (Lipinski definition) is 6. The van der Waals surface area contributed by atoms with E-state index in [-0.39, 0.29) is 23.8 Å². The number of aliphatic carboxylic acids is 1. The minimum Gasteiger partial charge on any atom is -0.494 e. The molecular weight excluding hydrogens is 400 g/mol. The predicted molar refractivity (Wildman–Crippen MR) is 115 cm³/mol. The van der Waals surface area contributed by atoms with Crippen molar-refractivity contribution >= 4 is 17.9 Å². The molecule has 0 atom stereocenters. The molecule has 0 bridgehead atoms. The summed E-state index contributed by atoms with van der Waals surface area (Å²) in [5, 5.41) is 9.04. The molecule has 0 aliphatic heterocycles. The molecule has 1 aliphatic carbocycles. The van der Waals surface area contributed by atoms with Crippen molar-refractivity contribution in [2.75, 3.05) is 13.2 Å². The van der Waals surface area contributed by atoms with E-state index < -0.39 is 5.97 Å². The standard InChI is InChI=1S/C24H34O7/c1-2-7-22(25)30-17-6-4-3-5-16-29-20-12-14-21(15-13-20)31-24(28)19-10-8-18(9-11-19)23(26)27/h12-15,18-19H,2-11,16-17H2,1H3,(H,26,27)/t18-,19+. The monoisotopic (exact) mass is 434 g/mol. The van der Waals surface area contributed by atoms with Crippen LogP contribution in [0.3, 0.4) is 0 Å². The Morgan fingerprint density at radius 2 is 1.45 bits per heavy atom. The highest BCUT2D eigenvalue weighted by atomic mass is 16.5. The molecular formula is C24H34O7. The maximum absolute atomic E-state index is 12.3. The van der Waals surface area contributed by atoms with Crippen molar-refractivity contribution in [1.82, 2.24) is 0 Å². The smallest absolute Gasteiger partial charge is 0.314 e. The molecule has 1 aromatic rings. The summed E-state index contributed by atoms with van der Waals surface area (Å²) in [6.45, 7) is 3.04. The highest BCUT2D eigenvalue weighted by Crippen LogP contribution is 2.30. The van der Waals surface area contributed by atoms with Crippen LogP contribution in [-0.2, 0) is 19.1 Å². The zero-order valence-corrected chi connectivity index (χ0v) is 18.3. The first-order valence-corrected chi connectivity index (χ1v) is 11.3. The lowest BCUT2D eigenvalue weighted by Gasteiger charge is -2.24. The van der Waals surface area contributed by atoms with Gasteiger partial charge in [0.25, 0.3) is 0 Å². The van der Waals surface area contributed by atoms with Crippen LogP contribution in [0.1, 0.15) is 71.1 Å². The molecule has 0 saturated heterocycles. The largest absolute Gasteiger partial charge is 0.494 e. The second-order valence-electron chi connectivity index (χ2n) is 8.01. The third-order valence-corrected chi connectivity index (χ3v) is 5.48. The van der Waals surface area contributed by atoms with Crippen LogP contribution < -0.4 is 9.47 Å². The van der Waals surface area contributed by atoms with Crippen molar-refractivity contribution in [3.05, 3.63) is 24.3 Å². The van der Waals surface area contributed by atoms with Crippen LogP contribution in [0.15, 0.2) is 24.3 Å². The second kappa shape index (κ2) is 13.7. The van der Waals surface area contributed by atoms with Crippen LogP contribution in [0.5, 0.6) is 11.5 Å². The molecule has 1 N–H and O–H groups in total. The first-order chi connectivity index (χ1) is 15.0. The second-order valence-corrected chi connectivity index (χ2v) is 8.01.